The molecule has 0 aromatic heterocycles. The third-order valence-corrected chi connectivity index (χ3v) is 3.72. The van der Waals surface area contributed by atoms with Gasteiger partial charge in [0.15, 0.2) is 0 Å². The molecule has 6 heteroatoms. The Morgan fingerprint density at radius 1 is 0.750 bits per heavy atom. The van der Waals surface area contributed by atoms with Crippen molar-refractivity contribution < 1.29 is 8.23 Å². The lowest BCUT2D eigenvalue weighted by Crippen LogP contribution is -1.95. The average molecular weight is 229 g/mol. The van der Waals surface area contributed by atoms with Gasteiger partial charge in [0.25, 0.3) is 0 Å². The predicted octanol–water partition coefficient (Wildman–Crippen LogP) is 0.822. The van der Waals surface area contributed by atoms with E-state index in [1.54, 1.807) is 0 Å². The minimum atomic E-state index is 0.610. The Labute approximate surface area is 86.8 Å². The number of hydrogen-bond acceptors (Lipinski definition) is 2. The summed E-state index contributed by atoms with van der Waals surface area (Å²) in [7, 11) is 7.20. The van der Waals surface area contributed by atoms with Crippen LogP contribution in [0.25, 0.3) is 0 Å². The van der Waals surface area contributed by atoms with Crippen LogP contribution in [0.5, 0.6) is 0 Å². The van der Waals surface area contributed by atoms with Crippen molar-refractivity contribution in [1.29, 1.82) is 0 Å². The largest absolute Gasteiger partial charge is 0.458 e. The molecule has 0 fully saturated rings. The van der Waals surface area contributed by atoms with Gasteiger partial charge in [-0.3, -0.25) is 0 Å². The Bertz CT molecular complexity index is 73.9. The van der Waals surface area contributed by atoms with Crippen molar-refractivity contribution in [2.75, 3.05) is 0 Å². The second-order valence-electron chi connectivity index (χ2n) is 2.41. The highest BCUT2D eigenvalue weighted by molar-refractivity contribution is 6.34. The molecule has 0 N–H and O–H groups in total. The van der Waals surface area contributed by atoms with Crippen LogP contribution in [-0.2, 0) is 8.23 Å². The summed E-state index contributed by atoms with van der Waals surface area (Å²) in [6.45, 7) is 0. The summed E-state index contributed by atoms with van der Waals surface area (Å²) in [5, 5.41) is 0. The first-order valence-electron chi connectivity index (χ1n) is 4.02. The number of rotatable bonds is 9. The van der Waals surface area contributed by atoms with E-state index in [0.29, 0.717) is 19.5 Å². The molecule has 0 aromatic carbocycles. The van der Waals surface area contributed by atoms with Gasteiger partial charge in [0, 0.05) is 0 Å². The zero-order chi connectivity index (χ0) is 9.07. The van der Waals surface area contributed by atoms with Gasteiger partial charge in [-0.05, 0) is 12.1 Å². The van der Waals surface area contributed by atoms with Crippen molar-refractivity contribution in [2.45, 2.75) is 37.8 Å². The van der Waals surface area contributed by atoms with Crippen molar-refractivity contribution in [3.63, 3.8) is 0 Å². The summed E-state index contributed by atoms with van der Waals surface area (Å²) in [5.74, 6) is 0. The van der Waals surface area contributed by atoms with Gasteiger partial charge < -0.3 is 8.23 Å². The predicted molar refractivity (Wildman–Crippen MR) is 53.3 cm³/mol. The fourth-order valence-electron chi connectivity index (χ4n) is 0.850. The molecule has 0 unspecified atom stereocenters. The highest BCUT2D eigenvalue weighted by Crippen LogP contribution is 2.05. The molecule has 0 aromatic rings. The van der Waals surface area contributed by atoms with E-state index in [4.69, 9.17) is 8.23 Å². The molecule has 0 aliphatic rings. The highest BCUT2D eigenvalue weighted by atomic mass is 28.3. The van der Waals surface area contributed by atoms with Crippen molar-refractivity contribution in [1.82, 2.24) is 0 Å². The molecule has 0 saturated heterocycles. The smallest absolute Gasteiger partial charge is 0.229 e. The Hall–Kier alpha value is 0.788. The fourth-order valence-corrected chi connectivity index (χ4v) is 2.46. The van der Waals surface area contributed by atoms with Gasteiger partial charge in [0.1, 0.15) is 0 Å². The molecule has 2 nitrogen and oxygen atoms in total. The van der Waals surface area contributed by atoms with Crippen LogP contribution in [-0.4, -0.2) is 40.5 Å². The van der Waals surface area contributed by atoms with E-state index in [9.17, 15) is 0 Å². The molecule has 0 aliphatic heterocycles. The number of hydrogen-bond donors (Lipinski definition) is 0. The van der Waals surface area contributed by atoms with Crippen LogP contribution in [0, 0.1) is 0 Å². The van der Waals surface area contributed by atoms with Crippen LogP contribution < -0.4 is 0 Å². The first-order chi connectivity index (χ1) is 5.91. The minimum absolute atomic E-state index is 0.610. The van der Waals surface area contributed by atoms with E-state index in [0.717, 1.165) is 0 Å². The Kier molecular flexibility index (Phi) is 12.6. The molecule has 12 heavy (non-hydrogen) atoms. The lowest BCUT2D eigenvalue weighted by atomic mass is 10.2. The van der Waals surface area contributed by atoms with Crippen LogP contribution in [0.1, 0.15) is 25.7 Å². The molecule has 0 heterocycles. The second-order valence-corrected chi connectivity index (χ2v) is 5.62. The minimum Gasteiger partial charge on any atom is -0.458 e. The summed E-state index contributed by atoms with van der Waals surface area (Å²) in [6, 6.07) is 2.36. The molecular formula is C6H12O2Si4. The van der Waals surface area contributed by atoms with Gasteiger partial charge in [0.2, 0.25) is 40.5 Å². The quantitative estimate of drug-likeness (QED) is 0.430. The Morgan fingerprint density at radius 3 is 1.50 bits per heavy atom. The highest BCUT2D eigenvalue weighted by Gasteiger charge is 1.92. The third-order valence-electron chi connectivity index (χ3n) is 1.45. The van der Waals surface area contributed by atoms with Gasteiger partial charge in [-0.2, -0.15) is 0 Å². The lowest BCUT2D eigenvalue weighted by Gasteiger charge is -1.98. The third kappa shape index (κ3) is 10.8. The second kappa shape index (κ2) is 11.8. The molecule has 0 saturated carbocycles. The summed E-state index contributed by atoms with van der Waals surface area (Å²) < 4.78 is 9.59. The van der Waals surface area contributed by atoms with Gasteiger partial charge in [-0.25, -0.2) is 0 Å². The van der Waals surface area contributed by atoms with Crippen molar-refractivity contribution in [3.05, 3.63) is 0 Å². The van der Waals surface area contributed by atoms with Crippen molar-refractivity contribution in [2.24, 2.45) is 0 Å². The van der Waals surface area contributed by atoms with Crippen LogP contribution >= 0.6 is 0 Å². The molecule has 0 rings (SSSR count). The average Bonchev–Trinajstić information content (AvgIpc) is 2.10. The Morgan fingerprint density at radius 2 is 1.17 bits per heavy atom. The maximum atomic E-state index is 4.80. The Balaban J connectivity index is 2.73. The van der Waals surface area contributed by atoms with Crippen LogP contribution in [0.15, 0.2) is 0 Å². The first-order valence-corrected chi connectivity index (χ1v) is 7.07. The molecule has 0 bridgehead atoms. The maximum absolute atomic E-state index is 4.80. The maximum Gasteiger partial charge on any atom is 0.229 e. The van der Waals surface area contributed by atoms with Crippen LogP contribution in [0.4, 0.5) is 0 Å². The van der Waals surface area contributed by atoms with Crippen LogP contribution in [0.2, 0.25) is 12.1 Å². The number of unbranched alkanes of at least 4 members (excludes halogenated alkanes) is 3. The monoisotopic (exact) mass is 228 g/mol. The van der Waals surface area contributed by atoms with Crippen LogP contribution in [0.3, 0.4) is 0 Å². The van der Waals surface area contributed by atoms with Gasteiger partial charge >= 0.3 is 0 Å². The van der Waals surface area contributed by atoms with E-state index < -0.39 is 0 Å². The lowest BCUT2D eigenvalue weighted by molar-refractivity contribution is 0.624. The molecule has 0 aliphatic carbocycles. The molecule has 0 amide bonds. The van der Waals surface area contributed by atoms with Gasteiger partial charge in [0.05, 0.1) is 0 Å². The van der Waals surface area contributed by atoms with Gasteiger partial charge in [-0.1, -0.05) is 25.7 Å². The zero-order valence-electron chi connectivity index (χ0n) is 7.06. The summed E-state index contributed by atoms with van der Waals surface area (Å²) in [4.78, 5) is 0. The first kappa shape index (κ1) is 12.8. The fraction of sp³-hybridized carbons (Fsp3) is 1.00. The van der Waals surface area contributed by atoms with Crippen molar-refractivity contribution in [3.8, 4) is 0 Å². The molecular weight excluding hydrogens is 216 g/mol. The summed E-state index contributed by atoms with van der Waals surface area (Å²) in [6.07, 6.45) is 5.19. The molecule has 0 spiro atoms. The van der Waals surface area contributed by atoms with Crippen molar-refractivity contribution >= 4 is 40.5 Å². The van der Waals surface area contributed by atoms with Gasteiger partial charge in [-0.15, -0.1) is 0 Å². The van der Waals surface area contributed by atoms with E-state index in [1.165, 1.54) is 37.8 Å². The SMILES string of the molecule is [Si]O[Si]CCCCCC[Si]O[Si]. The molecule has 10 radical (unpaired) electrons. The van der Waals surface area contributed by atoms with E-state index in [1.807, 2.05) is 0 Å². The van der Waals surface area contributed by atoms with E-state index in [-0.39, 0.29) is 0 Å². The molecule has 64 valence electrons. The topological polar surface area (TPSA) is 18.5 Å². The summed E-state index contributed by atoms with van der Waals surface area (Å²) in [5.41, 5.74) is 0. The zero-order valence-corrected chi connectivity index (χ0v) is 11.1. The standard InChI is InChI=1S/C6H12O2Si4/c9-7-11-5-3-1-2-4-6-12-8-10/h1-6H2. The van der Waals surface area contributed by atoms with E-state index >= 15 is 0 Å². The van der Waals surface area contributed by atoms with E-state index in [2.05, 4.69) is 21.0 Å². The molecule has 0 atom stereocenters. The normalized spacial score (nSPS) is 10.5. The summed E-state index contributed by atoms with van der Waals surface area (Å²) >= 11 is 0.